The third-order valence-electron chi connectivity index (χ3n) is 6.00. The first kappa shape index (κ1) is 12.7. The molecule has 1 amide bonds. The van der Waals surface area contributed by atoms with Gasteiger partial charge in [-0.2, -0.15) is 0 Å². The number of hydrogen-bond donors (Lipinski definition) is 2. The summed E-state index contributed by atoms with van der Waals surface area (Å²) in [6, 6.07) is 0. The molecule has 0 aliphatic heterocycles. The van der Waals surface area contributed by atoms with Crippen LogP contribution in [0.4, 0.5) is 0 Å². The van der Waals surface area contributed by atoms with E-state index >= 15 is 0 Å². The van der Waals surface area contributed by atoms with E-state index in [1.165, 1.54) is 25.7 Å². The Labute approximate surface area is 115 Å². The summed E-state index contributed by atoms with van der Waals surface area (Å²) in [6.45, 7) is 0.705. The first-order valence-electron chi connectivity index (χ1n) is 7.25. The van der Waals surface area contributed by atoms with E-state index < -0.39 is 0 Å². The van der Waals surface area contributed by atoms with E-state index in [9.17, 15) is 4.79 Å². The molecule has 3 nitrogen and oxygen atoms in total. The maximum absolute atomic E-state index is 12.2. The first-order chi connectivity index (χ1) is 8.18. The van der Waals surface area contributed by atoms with Gasteiger partial charge in [0, 0.05) is 18.0 Å². The topological polar surface area (TPSA) is 55.1 Å². The highest BCUT2D eigenvalue weighted by Gasteiger charge is 2.67. The van der Waals surface area contributed by atoms with Crippen LogP contribution in [0, 0.1) is 29.6 Å². The van der Waals surface area contributed by atoms with Crippen molar-refractivity contribution in [2.45, 2.75) is 44.1 Å². The van der Waals surface area contributed by atoms with Crippen LogP contribution in [-0.2, 0) is 4.79 Å². The Morgan fingerprint density at radius 1 is 1.22 bits per heavy atom. The summed E-state index contributed by atoms with van der Waals surface area (Å²) in [6.07, 6.45) is 7.57. The summed E-state index contributed by atoms with van der Waals surface area (Å²) in [5.41, 5.74) is 6.07. The van der Waals surface area contributed by atoms with Gasteiger partial charge in [-0.15, -0.1) is 12.4 Å². The first-order valence-corrected chi connectivity index (χ1v) is 7.25. The number of nitrogens with one attached hydrogen (secondary N) is 1. The molecule has 4 saturated carbocycles. The maximum atomic E-state index is 12.2. The second-order valence-corrected chi connectivity index (χ2v) is 6.95. The molecule has 0 saturated heterocycles. The van der Waals surface area contributed by atoms with Gasteiger partial charge in [0.15, 0.2) is 0 Å². The lowest BCUT2D eigenvalue weighted by atomic mass is 9.78. The summed E-state index contributed by atoms with van der Waals surface area (Å²) in [7, 11) is 0. The number of amides is 1. The van der Waals surface area contributed by atoms with Crippen molar-refractivity contribution in [3.05, 3.63) is 0 Å². The number of carbonyl (C=O) groups is 1. The third kappa shape index (κ3) is 1.70. The lowest BCUT2D eigenvalue weighted by molar-refractivity contribution is -0.123. The van der Waals surface area contributed by atoms with Gasteiger partial charge in [-0.1, -0.05) is 0 Å². The van der Waals surface area contributed by atoms with Crippen molar-refractivity contribution in [3.63, 3.8) is 0 Å². The minimum absolute atomic E-state index is 0. The quantitative estimate of drug-likeness (QED) is 0.820. The normalized spacial score (nSPS) is 45.7. The highest BCUT2D eigenvalue weighted by atomic mass is 35.5. The van der Waals surface area contributed by atoms with Crippen molar-refractivity contribution in [2.75, 3.05) is 6.54 Å². The van der Waals surface area contributed by atoms with Crippen molar-refractivity contribution >= 4 is 18.3 Å². The molecule has 0 aromatic heterocycles. The van der Waals surface area contributed by atoms with Gasteiger partial charge in [-0.3, -0.25) is 4.79 Å². The molecule has 4 rings (SSSR count). The Kier molecular flexibility index (Phi) is 2.91. The van der Waals surface area contributed by atoms with Crippen LogP contribution >= 0.6 is 12.4 Å². The molecule has 3 N–H and O–H groups in total. The Bertz CT molecular complexity index is 353. The fourth-order valence-electron chi connectivity index (χ4n) is 4.86. The molecule has 18 heavy (non-hydrogen) atoms. The molecule has 4 fully saturated rings. The van der Waals surface area contributed by atoms with E-state index in [1.54, 1.807) is 0 Å². The van der Waals surface area contributed by atoms with Crippen LogP contribution in [-0.4, -0.2) is 18.0 Å². The summed E-state index contributed by atoms with van der Waals surface area (Å²) >= 11 is 0. The van der Waals surface area contributed by atoms with Crippen LogP contribution in [0.1, 0.15) is 38.5 Å². The fourth-order valence-corrected chi connectivity index (χ4v) is 4.86. The lowest BCUT2D eigenvalue weighted by Crippen LogP contribution is -2.55. The van der Waals surface area contributed by atoms with E-state index in [0.717, 1.165) is 36.5 Å². The van der Waals surface area contributed by atoms with E-state index in [-0.39, 0.29) is 17.9 Å². The molecule has 4 atom stereocenters. The van der Waals surface area contributed by atoms with Crippen molar-refractivity contribution in [1.82, 2.24) is 5.32 Å². The molecule has 4 unspecified atom stereocenters. The number of nitrogens with two attached hydrogens (primary N) is 1. The Balaban J connectivity index is 0.000001000. The molecule has 0 radical (unpaired) electrons. The highest BCUT2D eigenvalue weighted by Crippen LogP contribution is 2.69. The molecule has 2 bridgehead atoms. The van der Waals surface area contributed by atoms with Gasteiger partial charge in [0.05, 0.1) is 0 Å². The number of carbonyl (C=O) groups excluding carboxylic acids is 1. The Hall–Kier alpha value is -0.280. The number of rotatable bonds is 3. The number of fused-ring (bicyclic) bond motifs is 5. The molecule has 0 aromatic rings. The minimum Gasteiger partial charge on any atom is -0.354 e. The van der Waals surface area contributed by atoms with Crippen LogP contribution in [0.5, 0.6) is 0 Å². The van der Waals surface area contributed by atoms with Crippen LogP contribution in [0.25, 0.3) is 0 Å². The number of halogens is 1. The van der Waals surface area contributed by atoms with Gasteiger partial charge in [0.1, 0.15) is 0 Å². The van der Waals surface area contributed by atoms with Gasteiger partial charge < -0.3 is 11.1 Å². The van der Waals surface area contributed by atoms with E-state index in [1.807, 2.05) is 0 Å². The molecule has 0 aromatic carbocycles. The van der Waals surface area contributed by atoms with Crippen molar-refractivity contribution in [2.24, 2.45) is 35.3 Å². The average molecular weight is 271 g/mol. The van der Waals surface area contributed by atoms with Gasteiger partial charge in [0.2, 0.25) is 5.91 Å². The van der Waals surface area contributed by atoms with Gasteiger partial charge in [-0.05, 0) is 62.2 Å². The van der Waals surface area contributed by atoms with E-state index in [0.29, 0.717) is 18.4 Å². The molecule has 4 aliphatic rings. The maximum Gasteiger partial charge on any atom is 0.223 e. The zero-order chi connectivity index (χ0) is 11.6. The van der Waals surface area contributed by atoms with Crippen molar-refractivity contribution in [3.8, 4) is 0 Å². The molecule has 0 spiro atoms. The zero-order valence-electron chi connectivity index (χ0n) is 10.7. The molecule has 4 heteroatoms. The van der Waals surface area contributed by atoms with E-state index in [2.05, 4.69) is 5.32 Å². The Morgan fingerprint density at radius 2 is 1.83 bits per heavy atom. The molecule has 102 valence electrons. The van der Waals surface area contributed by atoms with Gasteiger partial charge in [0.25, 0.3) is 0 Å². The van der Waals surface area contributed by atoms with Crippen LogP contribution in [0.2, 0.25) is 0 Å². The zero-order valence-corrected chi connectivity index (χ0v) is 11.5. The van der Waals surface area contributed by atoms with Crippen molar-refractivity contribution < 1.29 is 4.79 Å². The summed E-state index contributed by atoms with van der Waals surface area (Å²) in [5.74, 6) is 3.96. The molecular formula is C14H23ClN2O. The number of hydrogen-bond acceptors (Lipinski definition) is 2. The predicted molar refractivity (Wildman–Crippen MR) is 72.3 cm³/mol. The third-order valence-corrected chi connectivity index (χ3v) is 6.00. The Morgan fingerprint density at radius 3 is 2.33 bits per heavy atom. The van der Waals surface area contributed by atoms with E-state index in [4.69, 9.17) is 5.73 Å². The molecule has 4 aliphatic carbocycles. The van der Waals surface area contributed by atoms with Gasteiger partial charge >= 0.3 is 0 Å². The SMILES string of the molecule is Cl.NC1(CNC(=O)C2C3C4CCC(C4)C23)CCC1. The van der Waals surface area contributed by atoms with Crippen LogP contribution in [0.15, 0.2) is 0 Å². The standard InChI is InChI=1S/C14H22N2O.ClH/c15-14(4-1-5-14)7-16-13(17)12-10-8-2-3-9(6-8)11(10)12;/h8-12H,1-7,15H2,(H,16,17);1H. The lowest BCUT2D eigenvalue weighted by Gasteiger charge is -2.38. The highest BCUT2D eigenvalue weighted by molar-refractivity contribution is 5.85. The monoisotopic (exact) mass is 270 g/mol. The second kappa shape index (κ2) is 4.11. The smallest absolute Gasteiger partial charge is 0.223 e. The largest absolute Gasteiger partial charge is 0.354 e. The summed E-state index contributed by atoms with van der Waals surface area (Å²) in [4.78, 5) is 12.2. The average Bonchev–Trinajstić information content (AvgIpc) is 2.73. The summed E-state index contributed by atoms with van der Waals surface area (Å²) < 4.78 is 0. The predicted octanol–water partition coefficient (Wildman–Crippen LogP) is 1.70. The molecular weight excluding hydrogens is 248 g/mol. The van der Waals surface area contributed by atoms with Crippen molar-refractivity contribution in [1.29, 1.82) is 0 Å². The fraction of sp³-hybridized carbons (Fsp3) is 0.929. The van der Waals surface area contributed by atoms with Crippen LogP contribution in [0.3, 0.4) is 0 Å². The summed E-state index contributed by atoms with van der Waals surface area (Å²) in [5, 5.41) is 3.12. The molecule has 0 heterocycles. The van der Waals surface area contributed by atoms with Crippen LogP contribution < -0.4 is 11.1 Å². The van der Waals surface area contributed by atoms with Gasteiger partial charge in [-0.25, -0.2) is 0 Å². The minimum atomic E-state index is -0.0708. The second-order valence-electron chi connectivity index (χ2n) is 6.95.